The Morgan fingerprint density at radius 1 is 1.03 bits per heavy atom. The molecule has 1 aromatic heterocycles. The molecule has 1 aliphatic rings. The Morgan fingerprint density at radius 2 is 1.73 bits per heavy atom. The first kappa shape index (κ1) is 24.0. The number of nitrogens with zero attached hydrogens (tertiary/aromatic N) is 3. The van der Waals surface area contributed by atoms with Crippen molar-refractivity contribution in [1.82, 2.24) is 9.29 Å². The van der Waals surface area contributed by atoms with Gasteiger partial charge in [0.2, 0.25) is 10.0 Å². The first-order valence-electron chi connectivity index (χ1n) is 10.1. The van der Waals surface area contributed by atoms with Crippen LogP contribution >= 0.6 is 22.9 Å². The number of anilines is 1. The lowest BCUT2D eigenvalue weighted by molar-refractivity contribution is -0.137. The third kappa shape index (κ3) is 4.89. The Labute approximate surface area is 199 Å². The van der Waals surface area contributed by atoms with Gasteiger partial charge in [0.25, 0.3) is 0 Å². The van der Waals surface area contributed by atoms with Crippen LogP contribution in [0.1, 0.15) is 16.7 Å². The second-order valence-corrected chi connectivity index (χ2v) is 11.0. The average Bonchev–Trinajstić information content (AvgIpc) is 3.25. The zero-order valence-electron chi connectivity index (χ0n) is 17.9. The maximum atomic E-state index is 13.1. The molecule has 0 saturated carbocycles. The summed E-state index contributed by atoms with van der Waals surface area (Å²) < 4.78 is 66.5. The Kier molecular flexibility index (Phi) is 6.47. The van der Waals surface area contributed by atoms with Crippen molar-refractivity contribution in [3.63, 3.8) is 0 Å². The van der Waals surface area contributed by atoms with Crippen LogP contribution < -0.4 is 4.90 Å². The highest BCUT2D eigenvalue weighted by atomic mass is 35.5. The van der Waals surface area contributed by atoms with Gasteiger partial charge in [-0.1, -0.05) is 29.3 Å². The summed E-state index contributed by atoms with van der Waals surface area (Å²) in [7, 11) is -4.17. The van der Waals surface area contributed by atoms with Crippen molar-refractivity contribution in [1.29, 1.82) is 0 Å². The number of alkyl halides is 3. The molecule has 0 aliphatic carbocycles. The van der Waals surface area contributed by atoms with E-state index < -0.39 is 26.7 Å². The molecule has 0 radical (unpaired) electrons. The number of thiazole rings is 1. The number of rotatable bonds is 4. The minimum atomic E-state index is -4.66. The summed E-state index contributed by atoms with van der Waals surface area (Å²) >= 11 is 7.45. The monoisotopic (exact) mass is 515 g/mol. The number of hydrogen-bond donors (Lipinski definition) is 0. The van der Waals surface area contributed by atoms with Crippen LogP contribution in [-0.2, 0) is 16.2 Å². The number of sulfonamides is 1. The third-order valence-corrected chi connectivity index (χ3v) is 8.83. The third-order valence-electron chi connectivity index (χ3n) is 5.55. The Hall–Kier alpha value is -2.14. The summed E-state index contributed by atoms with van der Waals surface area (Å²) in [6.07, 6.45) is -4.66. The molecule has 0 atom stereocenters. The minimum Gasteiger partial charge on any atom is -0.345 e. The van der Waals surface area contributed by atoms with Gasteiger partial charge in [0.1, 0.15) is 4.90 Å². The van der Waals surface area contributed by atoms with Crippen LogP contribution in [0, 0.1) is 13.8 Å². The van der Waals surface area contributed by atoms with E-state index in [1.165, 1.54) is 15.6 Å². The van der Waals surface area contributed by atoms with Gasteiger partial charge in [-0.05, 0) is 43.7 Å². The van der Waals surface area contributed by atoms with E-state index in [0.717, 1.165) is 39.6 Å². The summed E-state index contributed by atoms with van der Waals surface area (Å²) in [4.78, 5) is 6.19. The van der Waals surface area contributed by atoms with E-state index >= 15 is 0 Å². The highest BCUT2D eigenvalue weighted by Gasteiger charge is 2.35. The molecule has 4 rings (SSSR count). The Bertz CT molecular complexity index is 1280. The molecule has 2 heterocycles. The van der Waals surface area contributed by atoms with Crippen LogP contribution in [0.5, 0.6) is 0 Å². The zero-order chi connectivity index (χ0) is 24.0. The summed E-state index contributed by atoms with van der Waals surface area (Å²) in [5.74, 6) is 0. The molecule has 33 heavy (non-hydrogen) atoms. The smallest absolute Gasteiger partial charge is 0.345 e. The number of hydrogen-bond acceptors (Lipinski definition) is 5. The first-order valence-corrected chi connectivity index (χ1v) is 12.8. The molecule has 0 spiro atoms. The van der Waals surface area contributed by atoms with Crippen molar-refractivity contribution in [3.8, 4) is 11.3 Å². The number of benzene rings is 2. The van der Waals surface area contributed by atoms with Gasteiger partial charge in [0.05, 0.1) is 16.3 Å². The zero-order valence-corrected chi connectivity index (χ0v) is 20.2. The van der Waals surface area contributed by atoms with E-state index in [1.807, 2.05) is 36.3 Å². The first-order chi connectivity index (χ1) is 15.5. The van der Waals surface area contributed by atoms with Crippen molar-refractivity contribution in [2.45, 2.75) is 24.9 Å². The molecule has 0 amide bonds. The number of halogens is 4. The lowest BCUT2D eigenvalue weighted by Gasteiger charge is -2.34. The normalized spacial score (nSPS) is 15.8. The molecule has 0 N–H and O–H groups in total. The SMILES string of the molecule is Cc1ccc(C)c(-c2csc(N3CCN(S(=O)(=O)c4cc(C(F)(F)F)ccc4Cl)CC3)n2)c1. The van der Waals surface area contributed by atoms with Crippen LogP contribution in [0.2, 0.25) is 5.02 Å². The van der Waals surface area contributed by atoms with E-state index in [1.54, 1.807) is 0 Å². The average molecular weight is 516 g/mol. The minimum absolute atomic E-state index is 0.118. The predicted molar refractivity (Wildman–Crippen MR) is 124 cm³/mol. The Morgan fingerprint density at radius 3 is 2.39 bits per heavy atom. The molecule has 176 valence electrons. The highest BCUT2D eigenvalue weighted by molar-refractivity contribution is 7.89. The largest absolute Gasteiger partial charge is 0.416 e. The van der Waals surface area contributed by atoms with Crippen molar-refractivity contribution in [2.24, 2.45) is 0 Å². The van der Waals surface area contributed by atoms with Gasteiger partial charge in [0.15, 0.2) is 5.13 Å². The fourth-order valence-electron chi connectivity index (χ4n) is 3.68. The predicted octanol–water partition coefficient (Wildman–Crippen LogP) is 5.61. The van der Waals surface area contributed by atoms with Crippen LogP contribution in [0.15, 0.2) is 46.7 Å². The molecule has 5 nitrogen and oxygen atoms in total. The maximum Gasteiger partial charge on any atom is 0.416 e. The quantitative estimate of drug-likeness (QED) is 0.453. The number of piperazine rings is 1. The summed E-state index contributed by atoms with van der Waals surface area (Å²) in [6, 6.07) is 8.51. The highest BCUT2D eigenvalue weighted by Crippen LogP contribution is 2.35. The Balaban J connectivity index is 1.51. The van der Waals surface area contributed by atoms with Crippen LogP contribution in [0.25, 0.3) is 11.3 Å². The van der Waals surface area contributed by atoms with Crippen molar-refractivity contribution < 1.29 is 21.6 Å². The molecule has 1 saturated heterocycles. The fourth-order valence-corrected chi connectivity index (χ4v) is 6.48. The second kappa shape index (κ2) is 8.90. The van der Waals surface area contributed by atoms with Crippen LogP contribution in [0.3, 0.4) is 0 Å². The van der Waals surface area contributed by atoms with Gasteiger partial charge < -0.3 is 4.90 Å². The molecule has 0 unspecified atom stereocenters. The van der Waals surface area contributed by atoms with Gasteiger partial charge in [-0.2, -0.15) is 17.5 Å². The van der Waals surface area contributed by atoms with Gasteiger partial charge in [-0.25, -0.2) is 13.4 Å². The number of aryl methyl sites for hydroxylation is 2. The van der Waals surface area contributed by atoms with E-state index in [4.69, 9.17) is 16.6 Å². The van der Waals surface area contributed by atoms with Gasteiger partial charge in [0, 0.05) is 37.1 Å². The number of aromatic nitrogens is 1. The summed E-state index contributed by atoms with van der Waals surface area (Å²) in [6.45, 7) is 5.02. The summed E-state index contributed by atoms with van der Waals surface area (Å²) in [5, 5.41) is 2.52. The molecular weight excluding hydrogens is 495 g/mol. The van der Waals surface area contributed by atoms with E-state index in [0.29, 0.717) is 19.2 Å². The maximum absolute atomic E-state index is 13.1. The molecule has 1 fully saturated rings. The van der Waals surface area contributed by atoms with Crippen LogP contribution in [0.4, 0.5) is 18.3 Å². The summed E-state index contributed by atoms with van der Waals surface area (Å²) in [5.41, 5.74) is 3.12. The van der Waals surface area contributed by atoms with Gasteiger partial charge in [-0.3, -0.25) is 0 Å². The molecule has 11 heteroatoms. The molecular formula is C22H21ClF3N3O2S2. The standard InChI is InChI=1S/C22H21ClF3N3O2S2/c1-14-3-4-15(2)17(11-14)19-13-32-21(27-19)28-7-9-29(10-8-28)33(30,31)20-12-16(22(24,25)26)5-6-18(20)23/h3-6,11-13H,7-10H2,1-2H3. The van der Waals surface area contributed by atoms with Crippen LogP contribution in [-0.4, -0.2) is 43.9 Å². The molecule has 0 bridgehead atoms. The fraction of sp³-hybridized carbons (Fsp3) is 0.318. The molecule has 2 aromatic carbocycles. The van der Waals surface area contributed by atoms with Crippen molar-refractivity contribution in [3.05, 3.63) is 63.5 Å². The van der Waals surface area contributed by atoms with E-state index in [-0.39, 0.29) is 18.1 Å². The molecule has 3 aromatic rings. The molecule has 1 aliphatic heterocycles. The van der Waals surface area contributed by atoms with E-state index in [9.17, 15) is 21.6 Å². The lowest BCUT2D eigenvalue weighted by atomic mass is 10.0. The van der Waals surface area contributed by atoms with Gasteiger partial charge >= 0.3 is 6.18 Å². The van der Waals surface area contributed by atoms with Gasteiger partial charge in [-0.15, -0.1) is 11.3 Å². The topological polar surface area (TPSA) is 53.5 Å². The van der Waals surface area contributed by atoms with Crippen molar-refractivity contribution >= 4 is 38.1 Å². The lowest BCUT2D eigenvalue weighted by Crippen LogP contribution is -2.48. The second-order valence-electron chi connectivity index (χ2n) is 7.87. The van der Waals surface area contributed by atoms with E-state index in [2.05, 4.69) is 6.07 Å². The van der Waals surface area contributed by atoms with Crippen molar-refractivity contribution in [2.75, 3.05) is 31.1 Å².